The molecule has 1 aromatic rings. The summed E-state index contributed by atoms with van der Waals surface area (Å²) in [5, 5.41) is 19.6. The van der Waals surface area contributed by atoms with Gasteiger partial charge >= 0.3 is 5.97 Å². The van der Waals surface area contributed by atoms with Crippen molar-refractivity contribution in [2.45, 2.75) is 57.1 Å². The molecule has 0 bridgehead atoms. The molecule has 2 N–H and O–H groups in total. The van der Waals surface area contributed by atoms with Gasteiger partial charge in [0.2, 0.25) is 0 Å². The molecule has 2 unspecified atom stereocenters. The minimum atomic E-state index is -0.735. The van der Waals surface area contributed by atoms with Crippen molar-refractivity contribution < 1.29 is 15.0 Å². The molecular weight excluding hydrogens is 278 g/mol. The average molecular weight is 303 g/mol. The van der Waals surface area contributed by atoms with Crippen LogP contribution in [0.4, 0.5) is 0 Å². The van der Waals surface area contributed by atoms with Crippen LogP contribution in [0.5, 0.6) is 0 Å². The topological polar surface area (TPSA) is 60.8 Å². The molecule has 1 fully saturated rings. The van der Waals surface area contributed by atoms with Crippen molar-refractivity contribution in [3.8, 4) is 0 Å². The quantitative estimate of drug-likeness (QED) is 0.877. The van der Waals surface area contributed by atoms with Crippen molar-refractivity contribution in [1.29, 1.82) is 0 Å². The standard InChI is InChI=1S/C18H25NO3/c20-17(9-11-19-10-3-6-16(19)18(21)22)15-8-7-13-4-1-2-5-14(13)12-15/h7-8,12,16-17,20H,1-6,9-11H2,(H,21,22). The van der Waals surface area contributed by atoms with E-state index in [9.17, 15) is 15.0 Å². The summed E-state index contributed by atoms with van der Waals surface area (Å²) in [4.78, 5) is 13.2. The number of likely N-dealkylation sites (tertiary alicyclic amines) is 1. The number of carboxylic acids is 1. The fourth-order valence-corrected chi connectivity index (χ4v) is 3.79. The summed E-state index contributed by atoms with van der Waals surface area (Å²) < 4.78 is 0. The summed E-state index contributed by atoms with van der Waals surface area (Å²) >= 11 is 0. The predicted octanol–water partition coefficient (Wildman–Crippen LogP) is 2.54. The molecule has 22 heavy (non-hydrogen) atoms. The molecule has 2 atom stereocenters. The van der Waals surface area contributed by atoms with Gasteiger partial charge in [-0.2, -0.15) is 0 Å². The maximum absolute atomic E-state index is 11.2. The van der Waals surface area contributed by atoms with E-state index in [1.54, 1.807) is 0 Å². The van der Waals surface area contributed by atoms with Gasteiger partial charge in [-0.05, 0) is 68.2 Å². The van der Waals surface area contributed by atoms with Gasteiger partial charge in [0, 0.05) is 6.54 Å². The highest BCUT2D eigenvalue weighted by molar-refractivity contribution is 5.73. The fraction of sp³-hybridized carbons (Fsp3) is 0.611. The summed E-state index contributed by atoms with van der Waals surface area (Å²) in [6.07, 6.45) is 6.53. The van der Waals surface area contributed by atoms with Gasteiger partial charge in [-0.1, -0.05) is 18.2 Å². The molecule has 1 saturated heterocycles. The van der Waals surface area contributed by atoms with Gasteiger partial charge in [-0.25, -0.2) is 0 Å². The summed E-state index contributed by atoms with van der Waals surface area (Å²) in [5.74, 6) is -0.735. The third-order valence-electron chi connectivity index (χ3n) is 5.10. The van der Waals surface area contributed by atoms with Crippen LogP contribution in [0, 0.1) is 0 Å². The Morgan fingerprint density at radius 3 is 2.77 bits per heavy atom. The van der Waals surface area contributed by atoms with Gasteiger partial charge in [0.1, 0.15) is 6.04 Å². The molecule has 2 aliphatic rings. The number of carbonyl (C=O) groups is 1. The monoisotopic (exact) mass is 303 g/mol. The number of hydrogen-bond donors (Lipinski definition) is 2. The van der Waals surface area contributed by atoms with E-state index >= 15 is 0 Å². The van der Waals surface area contributed by atoms with E-state index in [4.69, 9.17) is 0 Å². The Balaban J connectivity index is 1.60. The number of aliphatic hydroxyl groups is 1. The van der Waals surface area contributed by atoms with Crippen LogP contribution in [-0.2, 0) is 17.6 Å². The third-order valence-corrected chi connectivity index (χ3v) is 5.10. The van der Waals surface area contributed by atoms with E-state index in [1.807, 2.05) is 11.0 Å². The average Bonchev–Trinajstić information content (AvgIpc) is 3.01. The second-order valence-electron chi connectivity index (χ2n) is 6.57. The zero-order chi connectivity index (χ0) is 15.5. The zero-order valence-corrected chi connectivity index (χ0v) is 13.0. The van der Waals surface area contributed by atoms with Crippen molar-refractivity contribution >= 4 is 5.97 Å². The number of nitrogens with zero attached hydrogens (tertiary/aromatic N) is 1. The molecule has 1 aliphatic heterocycles. The molecule has 3 rings (SSSR count). The third kappa shape index (κ3) is 3.33. The Morgan fingerprint density at radius 1 is 1.23 bits per heavy atom. The number of hydrogen-bond acceptors (Lipinski definition) is 3. The molecule has 1 aliphatic carbocycles. The lowest BCUT2D eigenvalue weighted by Gasteiger charge is -2.23. The molecule has 1 heterocycles. The highest BCUT2D eigenvalue weighted by Gasteiger charge is 2.30. The molecule has 0 radical (unpaired) electrons. The van der Waals surface area contributed by atoms with Gasteiger partial charge in [-0.3, -0.25) is 9.69 Å². The van der Waals surface area contributed by atoms with Crippen LogP contribution in [-0.4, -0.2) is 40.2 Å². The lowest BCUT2D eigenvalue weighted by molar-refractivity contribution is -0.142. The number of carboxylic acid groups (broad SMARTS) is 1. The molecule has 0 saturated carbocycles. The largest absolute Gasteiger partial charge is 0.480 e. The molecule has 0 spiro atoms. The fourth-order valence-electron chi connectivity index (χ4n) is 3.79. The van der Waals surface area contributed by atoms with Gasteiger partial charge in [-0.15, -0.1) is 0 Å². The van der Waals surface area contributed by atoms with Crippen LogP contribution in [0.15, 0.2) is 18.2 Å². The SMILES string of the molecule is O=C(O)C1CCCN1CCC(O)c1ccc2c(c1)CCCC2. The molecular formula is C18H25NO3. The Labute approximate surface area is 131 Å². The van der Waals surface area contributed by atoms with Crippen LogP contribution in [0.25, 0.3) is 0 Å². The number of aryl methyl sites for hydroxylation is 2. The van der Waals surface area contributed by atoms with Crippen molar-refractivity contribution in [2.75, 3.05) is 13.1 Å². The Kier molecular flexibility index (Phi) is 4.79. The number of rotatable bonds is 5. The van der Waals surface area contributed by atoms with E-state index in [1.165, 1.54) is 24.0 Å². The Bertz CT molecular complexity index is 543. The zero-order valence-electron chi connectivity index (χ0n) is 13.0. The lowest BCUT2D eigenvalue weighted by Crippen LogP contribution is -2.37. The summed E-state index contributed by atoms with van der Waals surface area (Å²) in [6, 6.07) is 5.98. The number of benzene rings is 1. The molecule has 4 nitrogen and oxygen atoms in total. The summed E-state index contributed by atoms with van der Waals surface area (Å²) in [7, 11) is 0. The van der Waals surface area contributed by atoms with E-state index in [0.29, 0.717) is 13.0 Å². The Hall–Kier alpha value is -1.39. The first-order valence-electron chi connectivity index (χ1n) is 8.42. The first-order valence-corrected chi connectivity index (χ1v) is 8.42. The van der Waals surface area contributed by atoms with Crippen LogP contribution in [0.2, 0.25) is 0 Å². The molecule has 4 heteroatoms. The maximum atomic E-state index is 11.2. The summed E-state index contributed by atoms with van der Waals surface area (Å²) in [6.45, 7) is 1.48. The first kappa shape index (κ1) is 15.5. The molecule has 1 aromatic carbocycles. The number of fused-ring (bicyclic) bond motifs is 1. The highest BCUT2D eigenvalue weighted by Crippen LogP contribution is 2.27. The molecule has 0 amide bonds. The minimum absolute atomic E-state index is 0.365. The van der Waals surface area contributed by atoms with Gasteiger partial charge in [0.25, 0.3) is 0 Å². The van der Waals surface area contributed by atoms with Gasteiger partial charge < -0.3 is 10.2 Å². The highest BCUT2D eigenvalue weighted by atomic mass is 16.4. The summed E-state index contributed by atoms with van der Waals surface area (Å²) in [5.41, 5.74) is 3.78. The molecule has 0 aromatic heterocycles. The Morgan fingerprint density at radius 2 is 2.00 bits per heavy atom. The number of aliphatic carboxylic acids is 1. The van der Waals surface area contributed by atoms with Crippen molar-refractivity contribution in [3.05, 3.63) is 34.9 Å². The number of aliphatic hydroxyl groups excluding tert-OH is 1. The lowest BCUT2D eigenvalue weighted by atomic mass is 9.89. The van der Waals surface area contributed by atoms with Crippen LogP contribution < -0.4 is 0 Å². The van der Waals surface area contributed by atoms with Crippen molar-refractivity contribution in [2.24, 2.45) is 0 Å². The van der Waals surface area contributed by atoms with Crippen molar-refractivity contribution in [3.63, 3.8) is 0 Å². The van der Waals surface area contributed by atoms with Gasteiger partial charge in [0.05, 0.1) is 6.10 Å². The normalized spacial score (nSPS) is 23.2. The second-order valence-corrected chi connectivity index (χ2v) is 6.57. The van der Waals surface area contributed by atoms with E-state index in [0.717, 1.165) is 37.8 Å². The predicted molar refractivity (Wildman–Crippen MR) is 84.9 cm³/mol. The smallest absolute Gasteiger partial charge is 0.320 e. The van der Waals surface area contributed by atoms with Crippen molar-refractivity contribution in [1.82, 2.24) is 4.90 Å². The van der Waals surface area contributed by atoms with E-state index < -0.39 is 12.1 Å². The maximum Gasteiger partial charge on any atom is 0.320 e. The molecule has 120 valence electrons. The van der Waals surface area contributed by atoms with E-state index in [2.05, 4.69) is 12.1 Å². The van der Waals surface area contributed by atoms with Crippen LogP contribution in [0.3, 0.4) is 0 Å². The second kappa shape index (κ2) is 6.80. The van der Waals surface area contributed by atoms with E-state index in [-0.39, 0.29) is 6.04 Å². The van der Waals surface area contributed by atoms with Crippen LogP contribution in [0.1, 0.15) is 54.9 Å². The van der Waals surface area contributed by atoms with Gasteiger partial charge in [0.15, 0.2) is 0 Å². The first-order chi connectivity index (χ1) is 10.6. The van der Waals surface area contributed by atoms with Crippen LogP contribution >= 0.6 is 0 Å². The minimum Gasteiger partial charge on any atom is -0.480 e.